The molecule has 6 heteroatoms. The van der Waals surface area contributed by atoms with Crippen molar-refractivity contribution in [2.75, 3.05) is 12.3 Å². The molecule has 0 amide bonds. The minimum atomic E-state index is -4.17. The second-order valence-corrected chi connectivity index (χ2v) is 5.52. The lowest BCUT2D eigenvalue weighted by Crippen LogP contribution is -2.41. The van der Waals surface area contributed by atoms with Gasteiger partial charge < -0.3 is 5.11 Å². The highest BCUT2D eigenvalue weighted by atomic mass is 32.2. The van der Waals surface area contributed by atoms with Gasteiger partial charge in [0.1, 0.15) is 37.0 Å². The van der Waals surface area contributed by atoms with E-state index in [1.165, 1.54) is 0 Å². The molecule has 0 aliphatic carbocycles. The average molecular weight is 276 g/mol. The van der Waals surface area contributed by atoms with E-state index >= 15 is 0 Å². The molecule has 1 atom stereocenters. The van der Waals surface area contributed by atoms with Gasteiger partial charge in [-0.05, 0) is 39.0 Å². The van der Waals surface area contributed by atoms with E-state index in [4.69, 9.17) is 4.55 Å². The summed E-state index contributed by atoms with van der Waals surface area (Å²) in [5.41, 5.74) is 0. The van der Waals surface area contributed by atoms with Gasteiger partial charge in [0.15, 0.2) is 0 Å². The predicted molar refractivity (Wildman–Crippen MR) is 72.0 cm³/mol. The van der Waals surface area contributed by atoms with Crippen molar-refractivity contribution in [1.29, 1.82) is 0 Å². The van der Waals surface area contributed by atoms with Crippen LogP contribution in [-0.2, 0) is 10.1 Å². The van der Waals surface area contributed by atoms with Crippen LogP contribution in [0.3, 0.4) is 0 Å². The quantitative estimate of drug-likeness (QED) is 0.548. The number of aliphatic hydroxyl groups excluding tert-OH is 1. The van der Waals surface area contributed by atoms with Crippen LogP contribution in [0.2, 0.25) is 0 Å². The smallest absolute Gasteiger partial charge is 0.267 e. The fraction of sp³-hybridized carbons (Fsp3) is 0.500. The Balaban J connectivity index is 5.10. The molecule has 0 fully saturated rings. The van der Waals surface area contributed by atoms with Crippen LogP contribution in [-0.4, -0.2) is 41.0 Å². The largest absolute Gasteiger partial charge is 0.386 e. The zero-order valence-corrected chi connectivity index (χ0v) is 11.8. The zero-order chi connectivity index (χ0) is 14.2. The summed E-state index contributed by atoms with van der Waals surface area (Å²) in [5, 5.41) is 9.74. The Bertz CT molecular complexity index is 392. The van der Waals surface area contributed by atoms with Gasteiger partial charge in [0.25, 0.3) is 10.1 Å². The fourth-order valence-electron chi connectivity index (χ4n) is 1.83. The molecular weight excluding hydrogens is 254 g/mol. The molecule has 0 saturated carbocycles. The third-order valence-electron chi connectivity index (χ3n) is 2.21. The van der Waals surface area contributed by atoms with Crippen molar-refractivity contribution >= 4 is 10.1 Å². The molecule has 0 saturated heterocycles. The lowest BCUT2D eigenvalue weighted by atomic mass is 10.3. The normalized spacial score (nSPS) is 16.1. The summed E-state index contributed by atoms with van der Waals surface area (Å²) < 4.78 is 30.4. The van der Waals surface area contributed by atoms with Gasteiger partial charge in [0.2, 0.25) is 0 Å². The van der Waals surface area contributed by atoms with E-state index in [0.717, 1.165) is 0 Å². The predicted octanol–water partition coefficient (Wildman–Crippen LogP) is 1.65. The first kappa shape index (κ1) is 17.1. The number of hydrogen-bond donors (Lipinski definition) is 2. The summed E-state index contributed by atoms with van der Waals surface area (Å²) in [4.78, 5) is 0. The lowest BCUT2D eigenvalue weighted by molar-refractivity contribution is -0.777. The molecule has 0 heterocycles. The Morgan fingerprint density at radius 3 is 1.72 bits per heavy atom. The van der Waals surface area contributed by atoms with Crippen molar-refractivity contribution in [2.24, 2.45) is 0 Å². The molecule has 0 aromatic rings. The minimum absolute atomic E-state index is 0.138. The monoisotopic (exact) mass is 276 g/mol. The molecule has 0 radical (unpaired) electrons. The first-order chi connectivity index (χ1) is 8.28. The minimum Gasteiger partial charge on any atom is -0.386 e. The number of rotatable bonds is 7. The van der Waals surface area contributed by atoms with Gasteiger partial charge in [-0.3, -0.25) is 4.55 Å². The maximum atomic E-state index is 10.7. The highest BCUT2D eigenvalue weighted by Gasteiger charge is 2.26. The number of quaternary nitrogens is 1. The molecule has 0 rings (SSSR count). The van der Waals surface area contributed by atoms with Crippen molar-refractivity contribution in [2.45, 2.75) is 26.9 Å². The van der Waals surface area contributed by atoms with Crippen molar-refractivity contribution < 1.29 is 22.6 Å². The first-order valence-corrected chi connectivity index (χ1v) is 7.31. The van der Waals surface area contributed by atoms with Crippen molar-refractivity contribution in [3.8, 4) is 0 Å². The van der Waals surface area contributed by atoms with Crippen molar-refractivity contribution in [1.82, 2.24) is 0 Å². The highest BCUT2D eigenvalue weighted by Crippen LogP contribution is 2.14. The summed E-state index contributed by atoms with van der Waals surface area (Å²) in [6.45, 7) is 5.66. The van der Waals surface area contributed by atoms with Gasteiger partial charge in [0.05, 0.1) is 0 Å². The molecule has 0 aliphatic rings. The number of nitrogens with zero attached hydrogens (tertiary/aromatic N) is 1. The molecule has 0 aromatic carbocycles. The van der Waals surface area contributed by atoms with Gasteiger partial charge in [-0.1, -0.05) is 0 Å². The number of aliphatic hydroxyl groups is 1. The van der Waals surface area contributed by atoms with Crippen LogP contribution >= 0.6 is 0 Å². The molecular formula is C12H22NO4S+. The first-order valence-electron chi connectivity index (χ1n) is 5.70. The standard InChI is InChI=1S/C12H21NO4S/c1-4-7-13(8-5-2,9-6-3)10-12(14)11-18(15,16)17/h4-9,12,14H,10-11H2,1-3H3/p+1/b7-4+,8-5+,9-6+. The van der Waals surface area contributed by atoms with Crippen molar-refractivity contribution in [3.63, 3.8) is 0 Å². The van der Waals surface area contributed by atoms with E-state index in [-0.39, 0.29) is 11.0 Å². The molecule has 2 N–H and O–H groups in total. The van der Waals surface area contributed by atoms with Gasteiger partial charge in [-0.15, -0.1) is 0 Å². The van der Waals surface area contributed by atoms with Crippen LogP contribution in [0, 0.1) is 0 Å². The van der Waals surface area contributed by atoms with Gasteiger partial charge in [-0.2, -0.15) is 8.42 Å². The van der Waals surface area contributed by atoms with E-state index in [2.05, 4.69) is 0 Å². The topological polar surface area (TPSA) is 74.6 Å². The van der Waals surface area contributed by atoms with Gasteiger partial charge in [-0.25, -0.2) is 4.48 Å². The summed E-state index contributed by atoms with van der Waals surface area (Å²) in [7, 11) is -4.17. The van der Waals surface area contributed by atoms with Crippen LogP contribution < -0.4 is 0 Å². The Morgan fingerprint density at radius 1 is 1.06 bits per heavy atom. The molecule has 5 nitrogen and oxygen atoms in total. The Hall–Kier alpha value is -0.950. The molecule has 0 spiro atoms. The van der Waals surface area contributed by atoms with Gasteiger partial charge >= 0.3 is 0 Å². The van der Waals surface area contributed by atoms with Crippen LogP contribution in [0.1, 0.15) is 20.8 Å². The van der Waals surface area contributed by atoms with E-state index in [0.29, 0.717) is 0 Å². The van der Waals surface area contributed by atoms with Crippen LogP contribution in [0.4, 0.5) is 0 Å². The van der Waals surface area contributed by atoms with Crippen LogP contribution in [0.25, 0.3) is 0 Å². The Kier molecular flexibility index (Phi) is 7.08. The molecule has 0 aromatic heterocycles. The maximum absolute atomic E-state index is 10.7. The summed E-state index contributed by atoms with van der Waals surface area (Å²) in [5.74, 6) is -0.667. The highest BCUT2D eigenvalue weighted by molar-refractivity contribution is 7.85. The second kappa shape index (κ2) is 7.48. The third-order valence-corrected chi connectivity index (χ3v) is 3.02. The Morgan fingerprint density at radius 2 is 1.44 bits per heavy atom. The molecule has 104 valence electrons. The number of allylic oxidation sites excluding steroid dienone is 3. The maximum Gasteiger partial charge on any atom is 0.267 e. The molecule has 18 heavy (non-hydrogen) atoms. The second-order valence-electron chi connectivity index (χ2n) is 4.03. The van der Waals surface area contributed by atoms with E-state index in [1.807, 2.05) is 57.6 Å². The van der Waals surface area contributed by atoms with Gasteiger partial charge in [0, 0.05) is 0 Å². The fourth-order valence-corrected chi connectivity index (χ4v) is 2.42. The molecule has 0 aliphatic heterocycles. The summed E-state index contributed by atoms with van der Waals surface area (Å²) in [6.07, 6.45) is 9.79. The lowest BCUT2D eigenvalue weighted by Gasteiger charge is -2.28. The molecule has 0 bridgehead atoms. The molecule has 1 unspecified atom stereocenters. The van der Waals surface area contributed by atoms with Crippen LogP contribution in [0.5, 0.6) is 0 Å². The third kappa shape index (κ3) is 6.70. The zero-order valence-electron chi connectivity index (χ0n) is 11.0. The van der Waals surface area contributed by atoms with E-state index < -0.39 is 22.0 Å². The van der Waals surface area contributed by atoms with E-state index in [9.17, 15) is 13.5 Å². The summed E-state index contributed by atoms with van der Waals surface area (Å²) >= 11 is 0. The average Bonchev–Trinajstić information content (AvgIpc) is 2.15. The SMILES string of the molecule is C/C=C/[N+](/C=C/C)(/C=C/C)CC(O)CS(=O)(=O)O. The number of hydrogen-bond acceptors (Lipinski definition) is 3. The van der Waals surface area contributed by atoms with Crippen LogP contribution in [0.15, 0.2) is 36.8 Å². The van der Waals surface area contributed by atoms with E-state index in [1.54, 1.807) is 0 Å². The Labute approximate surface area is 109 Å². The summed E-state index contributed by atoms with van der Waals surface area (Å²) in [6, 6.07) is 0. The van der Waals surface area contributed by atoms with Crippen molar-refractivity contribution in [3.05, 3.63) is 36.8 Å².